The predicted octanol–water partition coefficient (Wildman–Crippen LogP) is 5.25. The molecule has 6 nitrogen and oxygen atoms in total. The summed E-state index contributed by atoms with van der Waals surface area (Å²) in [6, 6.07) is 9.90. The van der Waals surface area contributed by atoms with Gasteiger partial charge in [0.15, 0.2) is 5.13 Å². The number of H-pyrrole nitrogens is 1. The van der Waals surface area contributed by atoms with Gasteiger partial charge in [-0.05, 0) is 31.2 Å². The van der Waals surface area contributed by atoms with Crippen molar-refractivity contribution in [3.63, 3.8) is 0 Å². The maximum atomic E-state index is 12.6. The van der Waals surface area contributed by atoms with Crippen molar-refractivity contribution in [1.82, 2.24) is 15.0 Å². The Hall–Kier alpha value is -2.49. The second-order valence-corrected chi connectivity index (χ2v) is 10.7. The van der Waals surface area contributed by atoms with Crippen molar-refractivity contribution < 1.29 is 4.79 Å². The minimum atomic E-state index is -0.0608. The minimum Gasteiger partial charge on any atom is -0.309 e. The maximum absolute atomic E-state index is 12.6. The molecule has 5 rings (SSSR count). The lowest BCUT2D eigenvalue weighted by atomic mass is 9.97. The summed E-state index contributed by atoms with van der Waals surface area (Å²) in [4.78, 5) is 39.2. The quantitative estimate of drug-likeness (QED) is 0.351. The largest absolute Gasteiger partial charge is 0.309 e. The number of hydrogen-bond acceptors (Lipinski definition) is 7. The van der Waals surface area contributed by atoms with Gasteiger partial charge in [-0.15, -0.1) is 22.7 Å². The molecule has 164 valence electrons. The van der Waals surface area contributed by atoms with Crippen LogP contribution in [-0.4, -0.2) is 26.6 Å². The number of nitrogens with one attached hydrogen (secondary N) is 2. The normalized spacial score (nSPS) is 13.2. The third-order valence-electron chi connectivity index (χ3n) is 5.41. The number of carbonyl (C=O) groups excluding carboxylic acids is 1. The second kappa shape index (κ2) is 9.56. The zero-order valence-corrected chi connectivity index (χ0v) is 19.8. The number of fused-ring (bicyclic) bond motifs is 3. The van der Waals surface area contributed by atoms with Gasteiger partial charge in [0.05, 0.1) is 16.8 Å². The predicted molar refractivity (Wildman–Crippen MR) is 134 cm³/mol. The molecule has 4 aromatic rings. The molecule has 0 saturated carbocycles. The van der Waals surface area contributed by atoms with Gasteiger partial charge in [-0.3, -0.25) is 9.59 Å². The Morgan fingerprint density at radius 3 is 2.88 bits per heavy atom. The summed E-state index contributed by atoms with van der Waals surface area (Å²) in [7, 11) is 0. The standard InChI is InChI=1S/C23H22N4O2S3/c28-19(27-23-24-16(12-31-23)14-6-2-1-3-7-14)10-11-30-13-18-25-21(29)20-15-8-4-5-9-17(15)32-22(20)26-18/h1-3,6-7,12H,4-5,8-11,13H2,(H,24,27,28)(H,25,26,29). The van der Waals surface area contributed by atoms with Crippen LogP contribution in [0.2, 0.25) is 0 Å². The summed E-state index contributed by atoms with van der Waals surface area (Å²) in [6.07, 6.45) is 4.75. The lowest BCUT2D eigenvalue weighted by molar-refractivity contribution is -0.115. The number of thiophene rings is 1. The second-order valence-electron chi connectivity index (χ2n) is 7.66. The van der Waals surface area contributed by atoms with E-state index in [4.69, 9.17) is 4.98 Å². The van der Waals surface area contributed by atoms with Crippen LogP contribution < -0.4 is 10.9 Å². The number of rotatable bonds is 7. The Bertz CT molecular complexity index is 1310. The Kier molecular flexibility index (Phi) is 6.38. The molecule has 0 unspecified atom stereocenters. The highest BCUT2D eigenvalue weighted by Crippen LogP contribution is 2.33. The number of thioether (sulfide) groups is 1. The summed E-state index contributed by atoms with van der Waals surface area (Å²) >= 11 is 4.68. The molecule has 0 spiro atoms. The van der Waals surface area contributed by atoms with Crippen LogP contribution in [-0.2, 0) is 23.4 Å². The minimum absolute atomic E-state index is 0.0271. The number of hydrogen-bond donors (Lipinski definition) is 2. The van der Waals surface area contributed by atoms with E-state index in [1.807, 2.05) is 35.7 Å². The third kappa shape index (κ3) is 4.65. The van der Waals surface area contributed by atoms with E-state index in [0.29, 0.717) is 28.9 Å². The number of carbonyl (C=O) groups is 1. The van der Waals surface area contributed by atoms with Crippen LogP contribution in [0, 0.1) is 0 Å². The Morgan fingerprint density at radius 2 is 2.00 bits per heavy atom. The summed E-state index contributed by atoms with van der Waals surface area (Å²) in [6.45, 7) is 0. The third-order valence-corrected chi connectivity index (χ3v) is 8.32. The molecule has 0 fully saturated rings. The number of aromatic amines is 1. The van der Waals surface area contributed by atoms with E-state index in [9.17, 15) is 9.59 Å². The molecule has 0 saturated heterocycles. The average molecular weight is 483 g/mol. The first kappa shape index (κ1) is 21.4. The summed E-state index contributed by atoms with van der Waals surface area (Å²) in [5.41, 5.74) is 3.07. The van der Waals surface area contributed by atoms with Crippen LogP contribution in [0.4, 0.5) is 5.13 Å². The molecule has 3 heterocycles. The Morgan fingerprint density at radius 1 is 1.16 bits per heavy atom. The fourth-order valence-electron chi connectivity index (χ4n) is 3.86. The van der Waals surface area contributed by atoms with Crippen LogP contribution in [0.3, 0.4) is 0 Å². The van der Waals surface area contributed by atoms with Gasteiger partial charge in [-0.1, -0.05) is 30.3 Å². The molecule has 1 aliphatic carbocycles. The highest BCUT2D eigenvalue weighted by molar-refractivity contribution is 7.98. The van der Waals surface area contributed by atoms with Crippen LogP contribution >= 0.6 is 34.4 Å². The SMILES string of the molecule is O=C(CCSCc1nc2sc3c(c2c(=O)[nH]1)CCCC3)Nc1nc(-c2ccccc2)cs1. The van der Waals surface area contributed by atoms with Gasteiger partial charge >= 0.3 is 0 Å². The first-order chi connectivity index (χ1) is 15.7. The van der Waals surface area contributed by atoms with Gasteiger partial charge in [-0.25, -0.2) is 9.97 Å². The van der Waals surface area contributed by atoms with E-state index in [2.05, 4.69) is 15.3 Å². The summed E-state index contributed by atoms with van der Waals surface area (Å²) in [5.74, 6) is 1.84. The van der Waals surface area contributed by atoms with Gasteiger partial charge in [0.25, 0.3) is 5.56 Å². The number of anilines is 1. The molecule has 0 atom stereocenters. The number of benzene rings is 1. The van der Waals surface area contributed by atoms with E-state index in [0.717, 1.165) is 40.7 Å². The van der Waals surface area contributed by atoms with E-state index in [-0.39, 0.29) is 11.5 Å². The van der Waals surface area contributed by atoms with Crippen molar-refractivity contribution in [2.24, 2.45) is 0 Å². The lowest BCUT2D eigenvalue weighted by Gasteiger charge is -2.09. The molecule has 1 aromatic carbocycles. The fraction of sp³-hybridized carbons (Fsp3) is 0.304. The van der Waals surface area contributed by atoms with Crippen LogP contribution in [0.5, 0.6) is 0 Å². The molecule has 0 aliphatic heterocycles. The van der Waals surface area contributed by atoms with Gasteiger partial charge in [0.1, 0.15) is 10.7 Å². The lowest BCUT2D eigenvalue weighted by Crippen LogP contribution is -2.13. The zero-order valence-electron chi connectivity index (χ0n) is 17.3. The number of thiazole rings is 1. The Balaban J connectivity index is 1.14. The van der Waals surface area contributed by atoms with Gasteiger partial charge < -0.3 is 10.3 Å². The van der Waals surface area contributed by atoms with Gasteiger partial charge in [-0.2, -0.15) is 11.8 Å². The first-order valence-electron chi connectivity index (χ1n) is 10.6. The molecule has 9 heteroatoms. The smallest absolute Gasteiger partial charge is 0.259 e. The maximum Gasteiger partial charge on any atom is 0.259 e. The van der Waals surface area contributed by atoms with Crippen molar-refractivity contribution in [3.05, 3.63) is 62.3 Å². The highest BCUT2D eigenvalue weighted by atomic mass is 32.2. The van der Waals surface area contributed by atoms with E-state index < -0.39 is 0 Å². The van der Waals surface area contributed by atoms with Crippen molar-refractivity contribution in [3.8, 4) is 11.3 Å². The van der Waals surface area contributed by atoms with Crippen molar-refractivity contribution in [2.75, 3.05) is 11.1 Å². The van der Waals surface area contributed by atoms with E-state index in [1.165, 1.54) is 28.2 Å². The van der Waals surface area contributed by atoms with Crippen LogP contribution in [0.25, 0.3) is 21.5 Å². The molecular formula is C23H22N4O2S3. The van der Waals surface area contributed by atoms with Crippen molar-refractivity contribution >= 4 is 55.7 Å². The molecular weight excluding hydrogens is 460 g/mol. The molecule has 0 radical (unpaired) electrons. The summed E-state index contributed by atoms with van der Waals surface area (Å²) in [5, 5.41) is 6.22. The first-order valence-corrected chi connectivity index (χ1v) is 13.4. The number of aryl methyl sites for hydroxylation is 2. The summed E-state index contributed by atoms with van der Waals surface area (Å²) < 4.78 is 0. The topological polar surface area (TPSA) is 87.7 Å². The number of amides is 1. The Labute approximate surface area is 197 Å². The van der Waals surface area contributed by atoms with Crippen molar-refractivity contribution in [1.29, 1.82) is 0 Å². The molecule has 2 N–H and O–H groups in total. The molecule has 32 heavy (non-hydrogen) atoms. The fourth-order valence-corrected chi connectivity index (χ4v) is 6.69. The number of nitrogens with zero attached hydrogens (tertiary/aromatic N) is 2. The molecule has 3 aromatic heterocycles. The number of aromatic nitrogens is 3. The van der Waals surface area contributed by atoms with Crippen LogP contribution in [0.1, 0.15) is 35.5 Å². The van der Waals surface area contributed by atoms with E-state index in [1.54, 1.807) is 23.1 Å². The zero-order chi connectivity index (χ0) is 21.9. The van der Waals surface area contributed by atoms with Crippen molar-refractivity contribution in [2.45, 2.75) is 37.9 Å². The van der Waals surface area contributed by atoms with Gasteiger partial charge in [0, 0.05) is 28.0 Å². The van der Waals surface area contributed by atoms with Crippen LogP contribution in [0.15, 0.2) is 40.5 Å². The highest BCUT2D eigenvalue weighted by Gasteiger charge is 2.19. The molecule has 1 amide bonds. The molecule has 0 bridgehead atoms. The molecule has 1 aliphatic rings. The van der Waals surface area contributed by atoms with Gasteiger partial charge in [0.2, 0.25) is 5.91 Å². The average Bonchev–Trinajstić information content (AvgIpc) is 3.42. The van der Waals surface area contributed by atoms with E-state index >= 15 is 0 Å². The monoisotopic (exact) mass is 482 g/mol.